The lowest BCUT2D eigenvalue weighted by Gasteiger charge is -2.10. The van der Waals surface area contributed by atoms with Crippen molar-refractivity contribution in [2.75, 3.05) is 0 Å². The third-order valence-electron chi connectivity index (χ3n) is 3.37. The number of aromatic nitrogens is 2. The Balaban J connectivity index is 1.98. The molecule has 6 heteroatoms. The molecule has 112 valence electrons. The lowest BCUT2D eigenvalue weighted by molar-refractivity contribution is -0.141. The van der Waals surface area contributed by atoms with Crippen molar-refractivity contribution in [1.29, 1.82) is 0 Å². The zero-order valence-corrected chi connectivity index (χ0v) is 13.1. The predicted octanol–water partition coefficient (Wildman–Crippen LogP) is 3.49. The summed E-state index contributed by atoms with van der Waals surface area (Å²) in [5, 5.41) is 12.9. The maximum Gasteiger partial charge on any atom is 0.307 e. The summed E-state index contributed by atoms with van der Waals surface area (Å²) < 4.78 is 5.17. The molecule has 2 aromatic rings. The molecule has 1 aromatic carbocycles. The number of aliphatic carboxylic acids is 1. The zero-order chi connectivity index (χ0) is 15.4. The summed E-state index contributed by atoms with van der Waals surface area (Å²) in [6.07, 6.45) is 0. The number of hydrogen-bond acceptors (Lipinski definition) is 5. The van der Waals surface area contributed by atoms with Gasteiger partial charge in [-0.25, -0.2) is 0 Å². The Labute approximate surface area is 127 Å². The van der Waals surface area contributed by atoms with E-state index in [1.165, 1.54) is 5.56 Å². The van der Waals surface area contributed by atoms with Gasteiger partial charge in [-0.05, 0) is 19.1 Å². The first-order valence-electron chi connectivity index (χ1n) is 6.72. The molecule has 0 saturated carbocycles. The minimum Gasteiger partial charge on any atom is -0.481 e. The third-order valence-corrected chi connectivity index (χ3v) is 4.36. The average Bonchev–Trinajstić information content (AvgIpc) is 2.92. The van der Waals surface area contributed by atoms with E-state index in [-0.39, 0.29) is 5.92 Å². The van der Waals surface area contributed by atoms with Crippen LogP contribution in [0.1, 0.15) is 37.0 Å². The molecule has 0 bridgehead atoms. The van der Waals surface area contributed by atoms with Gasteiger partial charge in [-0.1, -0.05) is 36.7 Å². The number of hydrogen-bond donors (Lipinski definition) is 1. The normalized spacial score (nSPS) is 13.9. The van der Waals surface area contributed by atoms with Crippen molar-refractivity contribution in [3.05, 3.63) is 41.5 Å². The molecule has 2 unspecified atom stereocenters. The zero-order valence-electron chi connectivity index (χ0n) is 12.2. The largest absolute Gasteiger partial charge is 0.481 e. The van der Waals surface area contributed by atoms with E-state index in [1.54, 1.807) is 25.6 Å². The van der Waals surface area contributed by atoms with Crippen LogP contribution in [0.3, 0.4) is 0 Å². The van der Waals surface area contributed by atoms with Crippen molar-refractivity contribution >= 4 is 17.7 Å². The number of aryl methyl sites for hydroxylation is 1. The molecule has 2 rings (SSSR count). The molecule has 0 spiro atoms. The van der Waals surface area contributed by atoms with Crippen LogP contribution in [-0.2, 0) is 10.5 Å². The maximum absolute atomic E-state index is 11.0. The fourth-order valence-electron chi connectivity index (χ4n) is 1.79. The van der Waals surface area contributed by atoms with Gasteiger partial charge in [0.05, 0.1) is 11.7 Å². The highest BCUT2D eigenvalue weighted by molar-refractivity contribution is 7.98. The number of benzene rings is 1. The van der Waals surface area contributed by atoms with Crippen LogP contribution in [0.2, 0.25) is 0 Å². The van der Waals surface area contributed by atoms with E-state index in [2.05, 4.69) is 16.2 Å². The Bertz CT molecular complexity index is 627. The second-order valence-corrected chi connectivity index (χ2v) is 6.12. The molecule has 0 fully saturated rings. The molecule has 0 aliphatic carbocycles. The van der Waals surface area contributed by atoms with Crippen molar-refractivity contribution in [1.82, 2.24) is 10.1 Å². The van der Waals surface area contributed by atoms with Crippen LogP contribution >= 0.6 is 11.8 Å². The first-order valence-corrected chi connectivity index (χ1v) is 7.70. The van der Waals surface area contributed by atoms with Crippen LogP contribution in [0.5, 0.6) is 0 Å². The lowest BCUT2D eigenvalue weighted by atomic mass is 9.96. The van der Waals surface area contributed by atoms with Crippen LogP contribution in [-0.4, -0.2) is 21.2 Å². The highest BCUT2D eigenvalue weighted by Crippen LogP contribution is 2.25. The summed E-state index contributed by atoms with van der Waals surface area (Å²) >= 11 is 1.63. The Morgan fingerprint density at radius 3 is 2.86 bits per heavy atom. The molecule has 1 aromatic heterocycles. The number of carbonyl (C=O) groups is 1. The Morgan fingerprint density at radius 2 is 2.19 bits per heavy atom. The van der Waals surface area contributed by atoms with Gasteiger partial charge in [-0.3, -0.25) is 4.79 Å². The van der Waals surface area contributed by atoms with E-state index in [0.717, 1.165) is 4.90 Å². The number of rotatable bonds is 6. The summed E-state index contributed by atoms with van der Waals surface area (Å²) in [5.74, 6) is -0.154. The summed E-state index contributed by atoms with van der Waals surface area (Å²) in [7, 11) is 0. The van der Waals surface area contributed by atoms with Gasteiger partial charge in [0, 0.05) is 10.8 Å². The highest BCUT2D eigenvalue weighted by Gasteiger charge is 2.25. The van der Waals surface area contributed by atoms with Crippen LogP contribution in [0.15, 0.2) is 33.7 Å². The van der Waals surface area contributed by atoms with Gasteiger partial charge >= 0.3 is 5.97 Å². The molecule has 0 aliphatic heterocycles. The SMILES string of the molecule is Cc1cccc(SCc2noc(C(C)C(C)C(=O)O)n2)c1. The minimum absolute atomic E-state index is 0.298. The molecule has 1 N–H and O–H groups in total. The number of carboxylic acid groups (broad SMARTS) is 1. The van der Waals surface area contributed by atoms with E-state index in [0.29, 0.717) is 17.5 Å². The van der Waals surface area contributed by atoms with Crippen molar-refractivity contribution < 1.29 is 14.4 Å². The molecule has 1 heterocycles. The topological polar surface area (TPSA) is 76.2 Å². The highest BCUT2D eigenvalue weighted by atomic mass is 32.2. The maximum atomic E-state index is 11.0. The van der Waals surface area contributed by atoms with E-state index in [1.807, 2.05) is 25.1 Å². The van der Waals surface area contributed by atoms with Gasteiger partial charge in [0.15, 0.2) is 5.82 Å². The first-order chi connectivity index (χ1) is 9.97. The van der Waals surface area contributed by atoms with Gasteiger partial charge in [0.25, 0.3) is 0 Å². The van der Waals surface area contributed by atoms with Crippen molar-refractivity contribution in [3.8, 4) is 0 Å². The predicted molar refractivity (Wildman–Crippen MR) is 80.3 cm³/mol. The number of carboxylic acids is 1. The summed E-state index contributed by atoms with van der Waals surface area (Å²) in [6, 6.07) is 8.19. The molecular formula is C15H18N2O3S. The van der Waals surface area contributed by atoms with Gasteiger partial charge in [-0.2, -0.15) is 4.98 Å². The monoisotopic (exact) mass is 306 g/mol. The average molecular weight is 306 g/mol. The molecule has 21 heavy (non-hydrogen) atoms. The number of thioether (sulfide) groups is 1. The van der Waals surface area contributed by atoms with Crippen LogP contribution in [0, 0.1) is 12.8 Å². The van der Waals surface area contributed by atoms with Crippen LogP contribution in [0.25, 0.3) is 0 Å². The van der Waals surface area contributed by atoms with E-state index >= 15 is 0 Å². The molecule has 5 nitrogen and oxygen atoms in total. The van der Waals surface area contributed by atoms with Gasteiger partial charge in [0.2, 0.25) is 5.89 Å². The van der Waals surface area contributed by atoms with Crippen LogP contribution in [0.4, 0.5) is 0 Å². The quantitative estimate of drug-likeness (QED) is 0.823. The van der Waals surface area contributed by atoms with E-state index in [4.69, 9.17) is 9.63 Å². The fraction of sp³-hybridized carbons (Fsp3) is 0.400. The van der Waals surface area contributed by atoms with E-state index in [9.17, 15) is 4.79 Å². The molecule has 0 amide bonds. The van der Waals surface area contributed by atoms with Crippen LogP contribution < -0.4 is 0 Å². The lowest BCUT2D eigenvalue weighted by Crippen LogP contribution is -2.16. The second kappa shape index (κ2) is 6.76. The van der Waals surface area contributed by atoms with Crippen molar-refractivity contribution in [3.63, 3.8) is 0 Å². The van der Waals surface area contributed by atoms with Gasteiger partial charge < -0.3 is 9.63 Å². The summed E-state index contributed by atoms with van der Waals surface area (Å²) in [6.45, 7) is 5.47. The smallest absolute Gasteiger partial charge is 0.307 e. The standard InChI is InChI=1S/C15H18N2O3S/c1-9-5-4-6-12(7-9)21-8-13-16-14(20-17-13)10(2)11(3)15(18)19/h4-7,10-11H,8H2,1-3H3,(H,18,19). The third kappa shape index (κ3) is 4.07. The fourth-order valence-corrected chi connectivity index (χ4v) is 2.65. The first kappa shape index (κ1) is 15.6. The Kier molecular flexibility index (Phi) is 5.01. The Morgan fingerprint density at radius 1 is 1.43 bits per heavy atom. The molecule has 0 aliphatic rings. The van der Waals surface area contributed by atoms with E-state index < -0.39 is 11.9 Å². The summed E-state index contributed by atoms with van der Waals surface area (Å²) in [5.41, 5.74) is 1.21. The molecule has 0 saturated heterocycles. The van der Waals surface area contributed by atoms with Crippen molar-refractivity contribution in [2.45, 2.75) is 37.3 Å². The Hall–Kier alpha value is -1.82. The number of nitrogens with zero attached hydrogens (tertiary/aromatic N) is 2. The van der Waals surface area contributed by atoms with Gasteiger partial charge in [-0.15, -0.1) is 11.8 Å². The second-order valence-electron chi connectivity index (χ2n) is 5.07. The van der Waals surface area contributed by atoms with Crippen molar-refractivity contribution in [2.24, 2.45) is 5.92 Å². The minimum atomic E-state index is -0.864. The molecule has 2 atom stereocenters. The molecule has 0 radical (unpaired) electrons. The summed E-state index contributed by atoms with van der Waals surface area (Å²) in [4.78, 5) is 16.4. The molecular weight excluding hydrogens is 288 g/mol. The van der Waals surface area contributed by atoms with Gasteiger partial charge in [0.1, 0.15) is 0 Å².